The van der Waals surface area contributed by atoms with E-state index in [1.807, 2.05) is 0 Å². The molecule has 0 bridgehead atoms. The van der Waals surface area contributed by atoms with E-state index in [0.29, 0.717) is 32.6 Å². The smallest absolute Gasteiger partial charge is 0.375 e. The Balaban J connectivity index is 0.000000429. The minimum Gasteiger partial charge on any atom is -0.375 e. The number of imide groups is 2. The Kier molecular flexibility index (Phi) is 19.3. The molecule has 32 nitrogen and oxygen atoms in total. The van der Waals surface area contributed by atoms with Gasteiger partial charge in [0.1, 0.15) is 53.3 Å². The molecule has 0 radical (unpaired) electrons. The summed E-state index contributed by atoms with van der Waals surface area (Å²) in [7, 11) is 0. The first-order chi connectivity index (χ1) is 26.9. The monoisotopic (exact) mass is 784 g/mol. The summed E-state index contributed by atoms with van der Waals surface area (Å²) in [5, 5.41) is 0. The molecule has 4 amide bonds. The third kappa shape index (κ3) is 12.2. The van der Waals surface area contributed by atoms with Crippen molar-refractivity contribution in [1.29, 1.82) is 0 Å². The Labute approximate surface area is 302 Å². The van der Waals surface area contributed by atoms with Gasteiger partial charge in [-0.05, 0) is 0 Å². The maximum absolute atomic E-state index is 12.0. The van der Waals surface area contributed by atoms with Crippen molar-refractivity contribution in [1.82, 2.24) is 32.6 Å². The molecule has 0 unspecified atom stereocenters. The second-order valence-corrected chi connectivity index (χ2v) is 8.63. The van der Waals surface area contributed by atoms with Crippen LogP contribution in [0.3, 0.4) is 0 Å². The molecular weight excluding hydrogens is 768 g/mol. The lowest BCUT2D eigenvalue weighted by atomic mass is 10.5. The Bertz CT molecular complexity index is 2420. The fraction of sp³-hybridized carbons (Fsp3) is 0.333. The van der Waals surface area contributed by atoms with Crippen LogP contribution in [0.4, 0.5) is 9.59 Å². The Morgan fingerprint density at radius 3 is 1.00 bits per heavy atom. The van der Waals surface area contributed by atoms with Crippen molar-refractivity contribution in [3.8, 4) is 0 Å². The molecule has 0 aromatic carbocycles. The van der Waals surface area contributed by atoms with Crippen LogP contribution in [-0.2, 0) is 71.7 Å². The molecule has 32 heteroatoms. The van der Waals surface area contributed by atoms with Crippen molar-refractivity contribution in [3.05, 3.63) is 58.2 Å². The quantitative estimate of drug-likeness (QED) is 0.113. The molecule has 288 valence electrons. The minimum atomic E-state index is -1.15. The SMILES string of the molecule is O=C=NCN1C(=O)N(CN=C=O)C1=O.O=C=NCN=c1oc(=O)n(CN=C=O)c(=O)n1CN=C=O.O=C=NCn1c(=O)n(CN=C=O)c(=O)n(CN=C=O)c1=O. The van der Waals surface area contributed by atoms with Gasteiger partial charge in [-0.2, -0.15) is 39.9 Å². The molecule has 0 aliphatic carbocycles. The molecule has 56 heavy (non-hydrogen) atoms. The fourth-order valence-electron chi connectivity index (χ4n) is 3.37. The highest BCUT2D eigenvalue weighted by Crippen LogP contribution is 2.15. The third-order valence-corrected chi connectivity index (χ3v) is 5.68. The van der Waals surface area contributed by atoms with Crippen LogP contribution in [-0.4, -0.2) is 113 Å². The van der Waals surface area contributed by atoms with Crippen molar-refractivity contribution >= 4 is 60.7 Å². The second kappa shape index (κ2) is 24.1. The van der Waals surface area contributed by atoms with Gasteiger partial charge >= 0.3 is 46.3 Å². The van der Waals surface area contributed by atoms with Crippen LogP contribution < -0.4 is 34.2 Å². The van der Waals surface area contributed by atoms with E-state index in [-0.39, 0.29) is 13.3 Å². The lowest BCUT2D eigenvalue weighted by molar-refractivity contribution is 0.108. The van der Waals surface area contributed by atoms with Crippen LogP contribution in [0.1, 0.15) is 0 Å². The number of isocyanates is 8. The molecule has 1 aliphatic heterocycles. The van der Waals surface area contributed by atoms with Crippen LogP contribution in [0.15, 0.2) is 73.3 Å². The predicted molar refractivity (Wildman–Crippen MR) is 166 cm³/mol. The second-order valence-electron chi connectivity index (χ2n) is 8.63. The van der Waals surface area contributed by atoms with Crippen LogP contribution in [0.25, 0.3) is 0 Å². The first kappa shape index (κ1) is 44.8. The van der Waals surface area contributed by atoms with Crippen molar-refractivity contribution < 1.29 is 52.4 Å². The number of urea groups is 2. The highest BCUT2D eigenvalue weighted by atomic mass is 16.4. The van der Waals surface area contributed by atoms with E-state index in [1.54, 1.807) is 0 Å². The molecule has 0 saturated carbocycles. The molecule has 1 saturated heterocycles. The summed E-state index contributed by atoms with van der Waals surface area (Å²) in [4.78, 5) is 190. The number of nitrogens with zero attached hydrogens (tertiary/aromatic N) is 16. The zero-order valence-electron chi connectivity index (χ0n) is 27.3. The molecule has 0 atom stereocenters. The van der Waals surface area contributed by atoms with E-state index >= 15 is 0 Å². The highest BCUT2D eigenvalue weighted by Gasteiger charge is 2.43. The number of aromatic nitrogens is 5. The molecule has 2 aromatic heterocycles. The van der Waals surface area contributed by atoms with Gasteiger partial charge in [0, 0.05) is 0 Å². The first-order valence-electron chi connectivity index (χ1n) is 13.7. The van der Waals surface area contributed by atoms with Gasteiger partial charge in [-0.3, -0.25) is 0 Å². The Morgan fingerprint density at radius 1 is 0.375 bits per heavy atom. The molecule has 3 heterocycles. The Morgan fingerprint density at radius 2 is 0.661 bits per heavy atom. The van der Waals surface area contributed by atoms with Crippen LogP contribution in [0.5, 0.6) is 0 Å². The topological polar surface area (TPSA) is 412 Å². The molecule has 1 aliphatic rings. The number of rotatable bonds is 16. The first-order valence-corrected chi connectivity index (χ1v) is 13.7. The summed E-state index contributed by atoms with van der Waals surface area (Å²) in [5.74, 6) is -1.15. The van der Waals surface area contributed by atoms with Gasteiger partial charge in [0.2, 0.25) is 48.6 Å². The van der Waals surface area contributed by atoms with E-state index in [4.69, 9.17) is 4.42 Å². The average Bonchev–Trinajstić information content (AvgIpc) is 3.18. The summed E-state index contributed by atoms with van der Waals surface area (Å²) in [5.41, 5.74) is -4.94. The van der Waals surface area contributed by atoms with Crippen molar-refractivity contribution in [2.75, 3.05) is 20.0 Å². The predicted octanol–water partition coefficient (Wildman–Crippen LogP) is -6.13. The fourth-order valence-corrected chi connectivity index (χ4v) is 3.37. The maximum atomic E-state index is 12.0. The minimum absolute atomic E-state index is 0.359. The summed E-state index contributed by atoms with van der Waals surface area (Å²) in [6.07, 6.45) is 9.27. The van der Waals surface area contributed by atoms with E-state index in [1.165, 1.54) is 24.3 Å². The van der Waals surface area contributed by atoms with Gasteiger partial charge in [-0.15, -0.1) is 0 Å². The number of hydrogen-bond donors (Lipinski definition) is 0. The van der Waals surface area contributed by atoms with Gasteiger partial charge in [0.15, 0.2) is 0 Å². The van der Waals surface area contributed by atoms with Gasteiger partial charge in [0.05, 0.1) is 0 Å². The van der Waals surface area contributed by atoms with Crippen molar-refractivity contribution in [2.45, 2.75) is 33.3 Å². The van der Waals surface area contributed by atoms with Gasteiger partial charge in [0.25, 0.3) is 0 Å². The number of amides is 4. The molecule has 0 spiro atoms. The zero-order valence-corrected chi connectivity index (χ0v) is 27.3. The molecule has 0 N–H and O–H groups in total. The lowest BCUT2D eigenvalue weighted by Crippen LogP contribution is -2.63. The standard InChI is InChI=1S/2C9H6N6O6.C6H4N4O4/c16-4-10-1-13-7-14(2-11-5-17)8(19)15(3-12-6-18)9(20)21-7;16-4-10-1-13-7(19)14(2-11-5-17)9(21)15(8(13)20)3-12-6-18;11-3-7-1-9-5(13)10(6(9)14)2-8-4-12/h2*1-3H2;1-2H2. The maximum Gasteiger partial charge on any atom is 0.427 e. The van der Waals surface area contributed by atoms with E-state index in [0.717, 1.165) is 24.3 Å². The van der Waals surface area contributed by atoms with Crippen LogP contribution in [0, 0.1) is 0 Å². The number of aliphatic imine (C=N–C) groups is 8. The van der Waals surface area contributed by atoms with Gasteiger partial charge < -0.3 is 4.42 Å². The third-order valence-electron chi connectivity index (χ3n) is 5.68. The van der Waals surface area contributed by atoms with E-state index in [9.17, 15) is 71.9 Å². The van der Waals surface area contributed by atoms with Crippen LogP contribution in [0.2, 0.25) is 0 Å². The molecule has 2 aromatic rings. The summed E-state index contributed by atoms with van der Waals surface area (Å²) in [6, 6.07) is -1.32. The largest absolute Gasteiger partial charge is 0.427 e. The summed E-state index contributed by atoms with van der Waals surface area (Å²) in [6.45, 7) is -4.42. The van der Waals surface area contributed by atoms with Gasteiger partial charge in [-0.1, -0.05) is 0 Å². The van der Waals surface area contributed by atoms with E-state index in [2.05, 4.69) is 44.9 Å². The highest BCUT2D eigenvalue weighted by molar-refractivity contribution is 6.11. The lowest BCUT2D eigenvalue weighted by Gasteiger charge is -2.35. The molecule has 3 rings (SSSR count). The van der Waals surface area contributed by atoms with Crippen LogP contribution >= 0.6 is 0 Å². The number of carbonyl (C=O) groups is 2. The molecule has 1 fully saturated rings. The van der Waals surface area contributed by atoms with Crippen molar-refractivity contribution in [3.63, 3.8) is 0 Å². The Hall–Kier alpha value is -9.20. The molecular formula is C24H16N16O16. The normalized spacial score (nSPS) is 10.8. The zero-order chi connectivity index (χ0) is 42.0. The average molecular weight is 784 g/mol. The summed E-state index contributed by atoms with van der Waals surface area (Å²) >= 11 is 0. The number of carbonyl (C=O) groups excluding carboxylic acids is 10. The van der Waals surface area contributed by atoms with Gasteiger partial charge in [-0.25, -0.2) is 110 Å². The summed E-state index contributed by atoms with van der Waals surface area (Å²) < 4.78 is 7.06. The van der Waals surface area contributed by atoms with Crippen molar-refractivity contribution in [2.24, 2.45) is 44.9 Å². The van der Waals surface area contributed by atoms with E-state index < -0.39 is 86.3 Å². The number of hydrogen-bond acceptors (Lipinski definition) is 25.